The average molecular weight is 280 g/mol. The fourth-order valence-corrected chi connectivity index (χ4v) is 1.80. The van der Waals surface area contributed by atoms with E-state index in [9.17, 15) is 0 Å². The van der Waals surface area contributed by atoms with Crippen molar-refractivity contribution >= 4 is 37.5 Å². The summed E-state index contributed by atoms with van der Waals surface area (Å²) in [5.41, 5.74) is 1.12. The first-order valence-electron chi connectivity index (χ1n) is 3.10. The summed E-state index contributed by atoms with van der Waals surface area (Å²) in [4.78, 5) is 6.15. The van der Waals surface area contributed by atoms with E-state index < -0.39 is 0 Å². The topological polar surface area (TPSA) is 16.1 Å². The molecule has 0 aliphatic heterocycles. The van der Waals surface area contributed by atoms with Gasteiger partial charge in [0.05, 0.1) is 0 Å². The molecule has 0 spiro atoms. The van der Waals surface area contributed by atoms with Crippen molar-refractivity contribution in [3.05, 3.63) is 21.3 Å². The Morgan fingerprint density at radius 2 is 1.64 bits per heavy atom. The lowest BCUT2D eigenvalue weighted by Crippen LogP contribution is -2.08. The Labute approximate surface area is 82.9 Å². The van der Waals surface area contributed by atoms with E-state index in [1.807, 2.05) is 31.1 Å². The molecular formula is C7H8Br2N2. The second-order valence-corrected chi connectivity index (χ2v) is 3.99. The highest BCUT2D eigenvalue weighted by Crippen LogP contribution is 2.20. The molecule has 2 nitrogen and oxygen atoms in total. The molecule has 1 rings (SSSR count). The van der Waals surface area contributed by atoms with Crippen LogP contribution in [0.1, 0.15) is 0 Å². The van der Waals surface area contributed by atoms with E-state index >= 15 is 0 Å². The van der Waals surface area contributed by atoms with Crippen LogP contribution in [0.25, 0.3) is 0 Å². The molecule has 11 heavy (non-hydrogen) atoms. The van der Waals surface area contributed by atoms with Gasteiger partial charge in [0.25, 0.3) is 0 Å². The first kappa shape index (κ1) is 9.00. The van der Waals surface area contributed by atoms with Crippen LogP contribution in [0.4, 0.5) is 5.69 Å². The van der Waals surface area contributed by atoms with Crippen LogP contribution in [0.2, 0.25) is 0 Å². The maximum absolute atomic E-state index is 4.12. The van der Waals surface area contributed by atoms with E-state index in [1.54, 1.807) is 0 Å². The second kappa shape index (κ2) is 3.54. The zero-order chi connectivity index (χ0) is 8.43. The fraction of sp³-hybridized carbons (Fsp3) is 0.286. The highest BCUT2D eigenvalue weighted by atomic mass is 79.9. The number of hydrogen-bond acceptors (Lipinski definition) is 2. The van der Waals surface area contributed by atoms with Crippen LogP contribution >= 0.6 is 31.9 Å². The SMILES string of the molecule is CN(C)c1cc(Br)nc(Br)c1. The van der Waals surface area contributed by atoms with Crippen molar-refractivity contribution in [2.75, 3.05) is 19.0 Å². The van der Waals surface area contributed by atoms with Gasteiger partial charge in [0.1, 0.15) is 9.21 Å². The minimum Gasteiger partial charge on any atom is -0.378 e. The van der Waals surface area contributed by atoms with Gasteiger partial charge < -0.3 is 4.90 Å². The van der Waals surface area contributed by atoms with Crippen molar-refractivity contribution < 1.29 is 0 Å². The summed E-state index contributed by atoms with van der Waals surface area (Å²) < 4.78 is 1.69. The van der Waals surface area contributed by atoms with E-state index in [1.165, 1.54) is 0 Å². The summed E-state index contributed by atoms with van der Waals surface area (Å²) >= 11 is 6.63. The average Bonchev–Trinajstić information content (AvgIpc) is 1.85. The molecule has 0 atom stereocenters. The molecule has 0 aliphatic carbocycles. The number of halogens is 2. The monoisotopic (exact) mass is 278 g/mol. The number of pyridine rings is 1. The van der Waals surface area contributed by atoms with E-state index in [2.05, 4.69) is 36.8 Å². The van der Waals surface area contributed by atoms with E-state index in [4.69, 9.17) is 0 Å². The lowest BCUT2D eigenvalue weighted by Gasteiger charge is -2.12. The van der Waals surface area contributed by atoms with Gasteiger partial charge in [-0.1, -0.05) is 0 Å². The van der Waals surface area contributed by atoms with Crippen LogP contribution < -0.4 is 4.90 Å². The third-order valence-corrected chi connectivity index (χ3v) is 2.08. The Morgan fingerprint density at radius 3 is 2.00 bits per heavy atom. The molecule has 0 saturated heterocycles. The van der Waals surface area contributed by atoms with Crippen molar-refractivity contribution in [3.8, 4) is 0 Å². The molecule has 0 N–H and O–H groups in total. The summed E-state index contributed by atoms with van der Waals surface area (Å²) in [6, 6.07) is 3.93. The first-order valence-corrected chi connectivity index (χ1v) is 4.68. The molecule has 0 unspecified atom stereocenters. The van der Waals surface area contributed by atoms with Gasteiger partial charge in [0, 0.05) is 19.8 Å². The van der Waals surface area contributed by atoms with Crippen molar-refractivity contribution in [2.24, 2.45) is 0 Å². The van der Waals surface area contributed by atoms with Gasteiger partial charge in [0.15, 0.2) is 0 Å². The highest BCUT2D eigenvalue weighted by Gasteiger charge is 1.99. The second-order valence-electron chi connectivity index (χ2n) is 2.37. The smallest absolute Gasteiger partial charge is 0.109 e. The van der Waals surface area contributed by atoms with Crippen molar-refractivity contribution in [3.63, 3.8) is 0 Å². The minimum atomic E-state index is 0.843. The molecule has 0 saturated carbocycles. The van der Waals surface area contributed by atoms with E-state index in [-0.39, 0.29) is 0 Å². The molecule has 0 aliphatic rings. The Hall–Kier alpha value is -0.0900. The van der Waals surface area contributed by atoms with Crippen molar-refractivity contribution in [1.29, 1.82) is 0 Å². The maximum atomic E-state index is 4.12. The number of hydrogen-bond donors (Lipinski definition) is 0. The van der Waals surface area contributed by atoms with Gasteiger partial charge in [-0.05, 0) is 44.0 Å². The number of nitrogens with zero attached hydrogens (tertiary/aromatic N) is 2. The van der Waals surface area contributed by atoms with Gasteiger partial charge in [-0.2, -0.15) is 0 Å². The molecule has 0 aromatic carbocycles. The molecule has 0 bridgehead atoms. The molecule has 1 heterocycles. The lowest BCUT2D eigenvalue weighted by atomic mass is 10.4. The van der Waals surface area contributed by atoms with E-state index in [0.717, 1.165) is 14.9 Å². The van der Waals surface area contributed by atoms with Gasteiger partial charge in [-0.3, -0.25) is 0 Å². The predicted molar refractivity (Wildman–Crippen MR) is 54.0 cm³/mol. The standard InChI is InChI=1S/C7H8Br2N2/c1-11(2)5-3-6(8)10-7(9)4-5/h3-4H,1-2H3. The van der Waals surface area contributed by atoms with Crippen molar-refractivity contribution in [1.82, 2.24) is 4.98 Å². The predicted octanol–water partition coefficient (Wildman–Crippen LogP) is 2.67. The van der Waals surface area contributed by atoms with Crippen LogP contribution in [-0.4, -0.2) is 19.1 Å². The fourth-order valence-electron chi connectivity index (χ4n) is 0.711. The minimum absolute atomic E-state index is 0.843. The maximum Gasteiger partial charge on any atom is 0.109 e. The zero-order valence-corrected chi connectivity index (χ0v) is 9.48. The molecule has 1 aromatic rings. The summed E-state index contributed by atoms with van der Waals surface area (Å²) in [7, 11) is 3.99. The van der Waals surface area contributed by atoms with E-state index in [0.29, 0.717) is 0 Å². The first-order chi connectivity index (χ1) is 5.09. The van der Waals surface area contributed by atoms with Crippen molar-refractivity contribution in [2.45, 2.75) is 0 Å². The van der Waals surface area contributed by atoms with Crippen LogP contribution in [0, 0.1) is 0 Å². The molecule has 60 valence electrons. The van der Waals surface area contributed by atoms with Crippen LogP contribution in [0.15, 0.2) is 21.3 Å². The van der Waals surface area contributed by atoms with Gasteiger partial charge in [0.2, 0.25) is 0 Å². The lowest BCUT2D eigenvalue weighted by molar-refractivity contribution is 1.10. The van der Waals surface area contributed by atoms with Crippen LogP contribution in [0.3, 0.4) is 0 Å². The van der Waals surface area contributed by atoms with Crippen LogP contribution in [-0.2, 0) is 0 Å². The van der Waals surface area contributed by atoms with Gasteiger partial charge in [-0.25, -0.2) is 4.98 Å². The Morgan fingerprint density at radius 1 is 1.18 bits per heavy atom. The largest absolute Gasteiger partial charge is 0.378 e. The molecular weight excluding hydrogens is 272 g/mol. The summed E-state index contributed by atoms with van der Waals surface area (Å²) in [5, 5.41) is 0. The Balaban J connectivity index is 3.08. The molecule has 4 heteroatoms. The molecule has 0 amide bonds. The highest BCUT2D eigenvalue weighted by molar-refractivity contribution is 9.11. The normalized spacial score (nSPS) is 9.82. The summed E-state index contributed by atoms with van der Waals surface area (Å²) in [6.45, 7) is 0. The molecule has 0 radical (unpaired) electrons. The molecule has 0 fully saturated rings. The number of aromatic nitrogens is 1. The Kier molecular flexibility index (Phi) is 2.90. The number of anilines is 1. The van der Waals surface area contributed by atoms with Gasteiger partial charge in [-0.15, -0.1) is 0 Å². The quantitative estimate of drug-likeness (QED) is 0.735. The Bertz CT molecular complexity index is 240. The molecule has 1 aromatic heterocycles. The zero-order valence-electron chi connectivity index (χ0n) is 6.31. The third kappa shape index (κ3) is 2.45. The van der Waals surface area contributed by atoms with Crippen LogP contribution in [0.5, 0.6) is 0 Å². The summed E-state index contributed by atoms with van der Waals surface area (Å²) in [6.07, 6.45) is 0. The summed E-state index contributed by atoms with van der Waals surface area (Å²) in [5.74, 6) is 0. The third-order valence-electron chi connectivity index (χ3n) is 1.26. The van der Waals surface area contributed by atoms with Gasteiger partial charge >= 0.3 is 0 Å². The number of rotatable bonds is 1.